The number of nitrogens with zero attached hydrogens (tertiary/aromatic N) is 1. The first-order chi connectivity index (χ1) is 9.74. The zero-order valence-corrected chi connectivity index (χ0v) is 12.5. The van der Waals surface area contributed by atoms with E-state index in [1.807, 2.05) is 0 Å². The summed E-state index contributed by atoms with van der Waals surface area (Å²) in [5.74, 6) is 0. The lowest BCUT2D eigenvalue weighted by Gasteiger charge is -2.17. The molecule has 2 rings (SSSR count). The average Bonchev–Trinajstić information content (AvgIpc) is 2.46. The van der Waals surface area contributed by atoms with Crippen molar-refractivity contribution in [3.8, 4) is 0 Å². The summed E-state index contributed by atoms with van der Waals surface area (Å²) in [4.78, 5) is 2.34. The minimum atomic E-state index is 0.944. The monoisotopic (exact) mass is 268 g/mol. The smallest absolute Gasteiger partial charge is 0.0231 e. The molecule has 0 radical (unpaired) electrons. The first-order valence-corrected chi connectivity index (χ1v) is 7.23. The van der Waals surface area contributed by atoms with Crippen molar-refractivity contribution in [3.63, 3.8) is 0 Å². The molecule has 20 heavy (non-hydrogen) atoms. The van der Waals surface area contributed by atoms with Gasteiger partial charge in [-0.25, -0.2) is 0 Å². The standard InChI is InChI=1S/C18H24N2/c1-16-8-10-17(11-9-16)14-19-12-13-20(2)15-18-6-4-3-5-7-18/h3-11,19H,12-15H2,1-2H3. The minimum absolute atomic E-state index is 0.944. The first kappa shape index (κ1) is 14.8. The maximum atomic E-state index is 3.50. The molecule has 0 aliphatic heterocycles. The van der Waals surface area contributed by atoms with Crippen molar-refractivity contribution >= 4 is 0 Å². The van der Waals surface area contributed by atoms with Gasteiger partial charge >= 0.3 is 0 Å². The number of likely N-dealkylation sites (N-methyl/N-ethyl adjacent to an activating group) is 1. The number of rotatable bonds is 7. The van der Waals surface area contributed by atoms with Gasteiger partial charge in [-0.2, -0.15) is 0 Å². The second-order valence-electron chi connectivity index (χ2n) is 5.39. The quantitative estimate of drug-likeness (QED) is 0.776. The third-order valence-corrected chi connectivity index (χ3v) is 3.42. The van der Waals surface area contributed by atoms with Crippen molar-refractivity contribution in [2.75, 3.05) is 20.1 Å². The van der Waals surface area contributed by atoms with Crippen molar-refractivity contribution in [3.05, 3.63) is 71.3 Å². The van der Waals surface area contributed by atoms with Gasteiger partial charge in [0.05, 0.1) is 0 Å². The topological polar surface area (TPSA) is 15.3 Å². The van der Waals surface area contributed by atoms with Gasteiger partial charge < -0.3 is 10.2 Å². The van der Waals surface area contributed by atoms with Crippen LogP contribution in [-0.2, 0) is 13.1 Å². The van der Waals surface area contributed by atoms with Crippen LogP contribution in [-0.4, -0.2) is 25.0 Å². The molecule has 0 bridgehead atoms. The van der Waals surface area contributed by atoms with Gasteiger partial charge in [0.1, 0.15) is 0 Å². The summed E-state index contributed by atoms with van der Waals surface area (Å²) >= 11 is 0. The molecule has 1 N–H and O–H groups in total. The summed E-state index contributed by atoms with van der Waals surface area (Å²) in [6.07, 6.45) is 0. The Morgan fingerprint density at radius 3 is 2.30 bits per heavy atom. The van der Waals surface area contributed by atoms with Gasteiger partial charge in [0, 0.05) is 26.2 Å². The maximum absolute atomic E-state index is 3.50. The molecular formula is C18H24N2. The molecule has 0 aliphatic carbocycles. The maximum Gasteiger partial charge on any atom is 0.0231 e. The summed E-state index contributed by atoms with van der Waals surface area (Å²) in [5.41, 5.74) is 4.03. The van der Waals surface area contributed by atoms with Crippen molar-refractivity contribution < 1.29 is 0 Å². The zero-order valence-electron chi connectivity index (χ0n) is 12.5. The molecule has 0 amide bonds. The molecule has 0 heterocycles. The summed E-state index contributed by atoms with van der Waals surface area (Å²) in [6.45, 7) is 6.14. The Bertz CT molecular complexity index is 491. The van der Waals surface area contributed by atoms with Crippen LogP contribution in [0.15, 0.2) is 54.6 Å². The molecule has 0 atom stereocenters. The summed E-state index contributed by atoms with van der Waals surface area (Å²) < 4.78 is 0. The number of aryl methyl sites for hydroxylation is 1. The van der Waals surface area contributed by atoms with E-state index in [0.717, 1.165) is 26.2 Å². The Morgan fingerprint density at radius 1 is 0.900 bits per heavy atom. The molecule has 2 heteroatoms. The van der Waals surface area contributed by atoms with Crippen LogP contribution in [0.25, 0.3) is 0 Å². The van der Waals surface area contributed by atoms with Gasteiger partial charge in [-0.15, -0.1) is 0 Å². The Balaban J connectivity index is 1.64. The van der Waals surface area contributed by atoms with Crippen molar-refractivity contribution in [2.24, 2.45) is 0 Å². The fourth-order valence-corrected chi connectivity index (χ4v) is 2.18. The molecule has 0 unspecified atom stereocenters. The Hall–Kier alpha value is -1.64. The summed E-state index contributed by atoms with van der Waals surface area (Å²) in [6, 6.07) is 19.3. The molecule has 0 saturated carbocycles. The van der Waals surface area contributed by atoms with E-state index in [4.69, 9.17) is 0 Å². The molecule has 0 aliphatic rings. The average molecular weight is 268 g/mol. The SMILES string of the molecule is Cc1ccc(CNCCN(C)Cc2ccccc2)cc1. The van der Waals surface area contributed by atoms with E-state index in [-0.39, 0.29) is 0 Å². The zero-order chi connectivity index (χ0) is 14.2. The third-order valence-electron chi connectivity index (χ3n) is 3.42. The van der Waals surface area contributed by atoms with E-state index in [1.165, 1.54) is 16.7 Å². The number of hydrogen-bond donors (Lipinski definition) is 1. The lowest BCUT2D eigenvalue weighted by Crippen LogP contribution is -2.28. The van der Waals surface area contributed by atoms with Crippen LogP contribution in [0.5, 0.6) is 0 Å². The minimum Gasteiger partial charge on any atom is -0.311 e. The summed E-state index contributed by atoms with van der Waals surface area (Å²) in [5, 5.41) is 3.50. The lowest BCUT2D eigenvalue weighted by atomic mass is 10.1. The highest BCUT2D eigenvalue weighted by molar-refractivity contribution is 5.21. The first-order valence-electron chi connectivity index (χ1n) is 7.23. The van der Waals surface area contributed by atoms with E-state index < -0.39 is 0 Å². The van der Waals surface area contributed by atoms with E-state index in [9.17, 15) is 0 Å². The lowest BCUT2D eigenvalue weighted by molar-refractivity contribution is 0.324. The highest BCUT2D eigenvalue weighted by atomic mass is 15.1. The van der Waals surface area contributed by atoms with Gasteiger partial charge in [0.15, 0.2) is 0 Å². The molecule has 2 aromatic rings. The van der Waals surface area contributed by atoms with E-state index in [0.29, 0.717) is 0 Å². The largest absolute Gasteiger partial charge is 0.311 e. The van der Waals surface area contributed by atoms with Crippen LogP contribution in [0, 0.1) is 6.92 Å². The van der Waals surface area contributed by atoms with Crippen LogP contribution in [0.2, 0.25) is 0 Å². The van der Waals surface area contributed by atoms with Crippen LogP contribution in [0.3, 0.4) is 0 Å². The highest BCUT2D eigenvalue weighted by Crippen LogP contribution is 2.03. The molecule has 2 aromatic carbocycles. The number of benzene rings is 2. The van der Waals surface area contributed by atoms with Crippen molar-refractivity contribution in [1.29, 1.82) is 0 Å². The van der Waals surface area contributed by atoms with Crippen LogP contribution >= 0.6 is 0 Å². The second kappa shape index (κ2) is 7.83. The fraction of sp³-hybridized carbons (Fsp3) is 0.333. The summed E-state index contributed by atoms with van der Waals surface area (Å²) in [7, 11) is 2.17. The molecule has 0 saturated heterocycles. The van der Waals surface area contributed by atoms with Gasteiger partial charge in [0.25, 0.3) is 0 Å². The molecule has 0 aromatic heterocycles. The van der Waals surface area contributed by atoms with Crippen LogP contribution in [0.4, 0.5) is 0 Å². The Labute approximate surface area is 122 Å². The van der Waals surface area contributed by atoms with E-state index >= 15 is 0 Å². The third kappa shape index (κ3) is 5.16. The van der Waals surface area contributed by atoms with E-state index in [1.54, 1.807) is 0 Å². The molecule has 106 valence electrons. The number of hydrogen-bond acceptors (Lipinski definition) is 2. The normalized spacial score (nSPS) is 10.9. The Morgan fingerprint density at radius 2 is 1.60 bits per heavy atom. The van der Waals surface area contributed by atoms with Crippen molar-refractivity contribution in [2.45, 2.75) is 20.0 Å². The fourth-order valence-electron chi connectivity index (χ4n) is 2.18. The molecule has 0 fully saturated rings. The molecule has 0 spiro atoms. The van der Waals surface area contributed by atoms with Gasteiger partial charge in [-0.1, -0.05) is 60.2 Å². The van der Waals surface area contributed by atoms with Gasteiger partial charge in [0.2, 0.25) is 0 Å². The van der Waals surface area contributed by atoms with Gasteiger partial charge in [-0.05, 0) is 25.1 Å². The predicted octanol–water partition coefficient (Wildman–Crippen LogP) is 3.22. The molecular weight excluding hydrogens is 244 g/mol. The van der Waals surface area contributed by atoms with E-state index in [2.05, 4.69) is 78.8 Å². The van der Waals surface area contributed by atoms with Gasteiger partial charge in [-0.3, -0.25) is 0 Å². The predicted molar refractivity (Wildman–Crippen MR) is 85.7 cm³/mol. The Kier molecular flexibility index (Phi) is 5.78. The number of nitrogens with one attached hydrogen (secondary N) is 1. The highest BCUT2D eigenvalue weighted by Gasteiger charge is 1.99. The second-order valence-corrected chi connectivity index (χ2v) is 5.39. The van der Waals surface area contributed by atoms with Crippen LogP contribution < -0.4 is 5.32 Å². The van der Waals surface area contributed by atoms with Crippen molar-refractivity contribution in [1.82, 2.24) is 10.2 Å². The van der Waals surface area contributed by atoms with Crippen LogP contribution in [0.1, 0.15) is 16.7 Å². The molecule has 2 nitrogen and oxygen atoms in total.